The molecular weight excluding hydrogens is 250 g/mol. The Hall–Kier alpha value is -2.29. The molecule has 3 heteroatoms. The van der Waals surface area contributed by atoms with E-state index in [-0.39, 0.29) is 11.7 Å². The zero-order chi connectivity index (χ0) is 14.5. The highest BCUT2D eigenvalue weighted by Gasteiger charge is 2.13. The molecule has 1 N–H and O–H groups in total. The lowest BCUT2D eigenvalue weighted by atomic mass is 10.1. The third kappa shape index (κ3) is 3.18. The average Bonchev–Trinajstić information content (AvgIpc) is 2.48. The van der Waals surface area contributed by atoms with Crippen LogP contribution in [-0.2, 0) is 6.42 Å². The largest absolute Gasteiger partial charge is 0.508 e. The van der Waals surface area contributed by atoms with E-state index in [9.17, 15) is 9.90 Å². The Morgan fingerprint density at radius 1 is 1.05 bits per heavy atom. The van der Waals surface area contributed by atoms with Crippen molar-refractivity contribution in [1.29, 1.82) is 0 Å². The van der Waals surface area contributed by atoms with E-state index >= 15 is 0 Å². The van der Waals surface area contributed by atoms with Crippen molar-refractivity contribution < 1.29 is 9.90 Å². The average molecular weight is 269 g/mol. The molecule has 0 aromatic heterocycles. The molecule has 0 aliphatic heterocycles. The molecule has 0 spiro atoms. The van der Waals surface area contributed by atoms with Crippen LogP contribution in [0.4, 0.5) is 5.69 Å². The summed E-state index contributed by atoms with van der Waals surface area (Å²) in [5.74, 6) is 0.136. The van der Waals surface area contributed by atoms with Crippen molar-refractivity contribution in [2.75, 3.05) is 11.9 Å². The molecule has 0 saturated carbocycles. The highest BCUT2D eigenvalue weighted by Crippen LogP contribution is 2.19. The fourth-order valence-electron chi connectivity index (χ4n) is 2.09. The molecule has 0 unspecified atom stereocenters. The minimum Gasteiger partial charge on any atom is -0.508 e. The molecule has 2 aromatic rings. The second kappa shape index (κ2) is 6.24. The van der Waals surface area contributed by atoms with Gasteiger partial charge in [-0.3, -0.25) is 4.79 Å². The predicted octanol–water partition coefficient (Wildman–Crippen LogP) is 3.62. The van der Waals surface area contributed by atoms with Gasteiger partial charge in [0, 0.05) is 18.3 Å². The first-order chi connectivity index (χ1) is 9.61. The molecule has 2 rings (SSSR count). The van der Waals surface area contributed by atoms with Crippen LogP contribution in [0.1, 0.15) is 29.3 Å². The number of aryl methyl sites for hydroxylation is 1. The van der Waals surface area contributed by atoms with Gasteiger partial charge in [0.1, 0.15) is 5.75 Å². The summed E-state index contributed by atoms with van der Waals surface area (Å²) in [7, 11) is 1.73. The number of rotatable bonds is 4. The fraction of sp³-hybridized carbons (Fsp3) is 0.235. The topological polar surface area (TPSA) is 40.5 Å². The maximum atomic E-state index is 12.4. The van der Waals surface area contributed by atoms with Gasteiger partial charge in [-0.1, -0.05) is 25.5 Å². The zero-order valence-corrected chi connectivity index (χ0v) is 11.8. The van der Waals surface area contributed by atoms with Crippen LogP contribution in [-0.4, -0.2) is 18.1 Å². The molecule has 0 radical (unpaired) electrons. The molecule has 1 amide bonds. The molecule has 0 atom stereocenters. The fourth-order valence-corrected chi connectivity index (χ4v) is 2.09. The van der Waals surface area contributed by atoms with Crippen LogP contribution in [0.2, 0.25) is 0 Å². The Balaban J connectivity index is 2.15. The van der Waals surface area contributed by atoms with Crippen LogP contribution in [0, 0.1) is 0 Å². The molecule has 20 heavy (non-hydrogen) atoms. The van der Waals surface area contributed by atoms with Gasteiger partial charge in [-0.05, 0) is 48.4 Å². The van der Waals surface area contributed by atoms with Crippen molar-refractivity contribution in [3.63, 3.8) is 0 Å². The second-order valence-corrected chi connectivity index (χ2v) is 4.83. The van der Waals surface area contributed by atoms with Crippen LogP contribution < -0.4 is 4.90 Å². The first-order valence-electron chi connectivity index (χ1n) is 6.78. The van der Waals surface area contributed by atoms with Crippen LogP contribution in [0.3, 0.4) is 0 Å². The Morgan fingerprint density at radius 2 is 1.65 bits per heavy atom. The highest BCUT2D eigenvalue weighted by molar-refractivity contribution is 6.05. The van der Waals surface area contributed by atoms with Crippen molar-refractivity contribution in [2.45, 2.75) is 19.8 Å². The summed E-state index contributed by atoms with van der Waals surface area (Å²) in [5.41, 5.74) is 2.67. The summed E-state index contributed by atoms with van der Waals surface area (Å²) < 4.78 is 0. The number of nitrogens with zero attached hydrogens (tertiary/aromatic N) is 1. The van der Waals surface area contributed by atoms with Crippen molar-refractivity contribution in [2.24, 2.45) is 0 Å². The quantitative estimate of drug-likeness (QED) is 0.921. The van der Waals surface area contributed by atoms with Gasteiger partial charge in [0.05, 0.1) is 0 Å². The molecule has 0 bridgehead atoms. The van der Waals surface area contributed by atoms with E-state index in [0.717, 1.165) is 18.5 Å². The van der Waals surface area contributed by atoms with Crippen LogP contribution in [0.25, 0.3) is 0 Å². The summed E-state index contributed by atoms with van der Waals surface area (Å²) in [5, 5.41) is 9.27. The molecule has 0 saturated heterocycles. The molecule has 2 aromatic carbocycles. The first-order valence-corrected chi connectivity index (χ1v) is 6.78. The summed E-state index contributed by atoms with van der Waals surface area (Å²) in [4.78, 5) is 13.9. The Kier molecular flexibility index (Phi) is 4.41. The number of phenols is 1. The van der Waals surface area contributed by atoms with Gasteiger partial charge in [-0.15, -0.1) is 0 Å². The summed E-state index contributed by atoms with van der Waals surface area (Å²) in [6.07, 6.45) is 2.13. The minimum atomic E-state index is -0.0567. The number of amides is 1. The van der Waals surface area contributed by atoms with E-state index in [1.807, 2.05) is 24.3 Å². The number of carbonyl (C=O) groups excluding carboxylic acids is 1. The van der Waals surface area contributed by atoms with E-state index in [2.05, 4.69) is 6.92 Å². The van der Waals surface area contributed by atoms with Gasteiger partial charge in [-0.2, -0.15) is 0 Å². The zero-order valence-electron chi connectivity index (χ0n) is 11.8. The monoisotopic (exact) mass is 269 g/mol. The van der Waals surface area contributed by atoms with E-state index in [1.165, 1.54) is 5.56 Å². The lowest BCUT2D eigenvalue weighted by molar-refractivity contribution is 0.0993. The SMILES string of the molecule is CCCc1ccc(C(=O)N(C)c2ccc(O)cc2)cc1. The third-order valence-corrected chi connectivity index (χ3v) is 3.28. The Morgan fingerprint density at radius 3 is 2.20 bits per heavy atom. The van der Waals surface area contributed by atoms with Gasteiger partial charge in [0.2, 0.25) is 0 Å². The molecule has 3 nitrogen and oxygen atoms in total. The summed E-state index contributed by atoms with van der Waals surface area (Å²) in [6.45, 7) is 2.14. The third-order valence-electron chi connectivity index (χ3n) is 3.28. The van der Waals surface area contributed by atoms with Crippen molar-refractivity contribution in [1.82, 2.24) is 0 Å². The molecular formula is C17H19NO2. The Bertz CT molecular complexity index is 573. The predicted molar refractivity (Wildman–Crippen MR) is 81.3 cm³/mol. The second-order valence-electron chi connectivity index (χ2n) is 4.83. The highest BCUT2D eigenvalue weighted by atomic mass is 16.3. The number of hydrogen-bond donors (Lipinski definition) is 1. The van der Waals surface area contributed by atoms with Gasteiger partial charge in [0.25, 0.3) is 5.91 Å². The number of hydrogen-bond acceptors (Lipinski definition) is 2. The molecule has 0 fully saturated rings. The number of benzene rings is 2. The number of anilines is 1. The van der Waals surface area contributed by atoms with Crippen LogP contribution in [0.5, 0.6) is 5.75 Å². The van der Waals surface area contributed by atoms with E-state index < -0.39 is 0 Å². The maximum absolute atomic E-state index is 12.4. The lowest BCUT2D eigenvalue weighted by Crippen LogP contribution is -2.26. The Labute approximate surface area is 119 Å². The summed E-state index contributed by atoms with van der Waals surface area (Å²) in [6, 6.07) is 14.3. The van der Waals surface area contributed by atoms with Crippen LogP contribution >= 0.6 is 0 Å². The maximum Gasteiger partial charge on any atom is 0.258 e. The lowest BCUT2D eigenvalue weighted by Gasteiger charge is -2.17. The van der Waals surface area contributed by atoms with Gasteiger partial charge in [-0.25, -0.2) is 0 Å². The van der Waals surface area contributed by atoms with E-state index in [1.54, 1.807) is 36.2 Å². The van der Waals surface area contributed by atoms with E-state index in [4.69, 9.17) is 0 Å². The standard InChI is InChI=1S/C17H19NO2/c1-3-4-13-5-7-14(8-6-13)17(20)18(2)15-9-11-16(19)12-10-15/h5-12,19H,3-4H2,1-2H3. The van der Waals surface area contributed by atoms with Gasteiger partial charge >= 0.3 is 0 Å². The number of phenolic OH excluding ortho intramolecular Hbond substituents is 1. The molecule has 0 aliphatic carbocycles. The van der Waals surface area contributed by atoms with Gasteiger partial charge in [0.15, 0.2) is 0 Å². The normalized spacial score (nSPS) is 10.3. The smallest absolute Gasteiger partial charge is 0.258 e. The minimum absolute atomic E-state index is 0.0567. The van der Waals surface area contributed by atoms with Crippen molar-refractivity contribution in [3.8, 4) is 5.75 Å². The number of carbonyl (C=O) groups is 1. The molecule has 104 valence electrons. The summed E-state index contributed by atoms with van der Waals surface area (Å²) >= 11 is 0. The first kappa shape index (κ1) is 14.1. The van der Waals surface area contributed by atoms with Crippen LogP contribution in [0.15, 0.2) is 48.5 Å². The van der Waals surface area contributed by atoms with Crippen molar-refractivity contribution >= 4 is 11.6 Å². The molecule has 0 heterocycles. The molecule has 0 aliphatic rings. The van der Waals surface area contributed by atoms with Crippen molar-refractivity contribution in [3.05, 3.63) is 59.7 Å². The number of aromatic hydroxyl groups is 1. The van der Waals surface area contributed by atoms with Gasteiger partial charge < -0.3 is 10.0 Å². The van der Waals surface area contributed by atoms with E-state index in [0.29, 0.717) is 5.56 Å².